The number of imidazole rings is 3. The lowest BCUT2D eigenvalue weighted by atomic mass is 10.0. The third-order valence-corrected chi connectivity index (χ3v) is 19.6. The van der Waals surface area contributed by atoms with E-state index in [1.807, 2.05) is 174 Å². The molecule has 24 nitrogen and oxygen atoms in total. The normalized spacial score (nSPS) is 12.9. The monoisotopic (exact) mass is 1460 g/mol. The first kappa shape index (κ1) is 70.0. The Hall–Kier alpha value is -14.3. The molecular formula is C86H71N15O9. The molecule has 0 saturated carbocycles. The van der Waals surface area contributed by atoms with Crippen LogP contribution in [0.2, 0.25) is 0 Å². The number of methoxy groups -OCH3 is 2. The van der Waals surface area contributed by atoms with Crippen LogP contribution in [0.1, 0.15) is 89.4 Å². The zero-order chi connectivity index (χ0) is 75.8. The van der Waals surface area contributed by atoms with Crippen LogP contribution in [-0.4, -0.2) is 95.7 Å². The van der Waals surface area contributed by atoms with Crippen molar-refractivity contribution in [1.29, 1.82) is 0 Å². The number of benzene rings is 9. The number of Topliss-reactive ketones (excluding diaryl/α,β-unsaturated/α-hetero) is 1. The minimum Gasteiger partial charge on any atom is -0.493 e. The van der Waals surface area contributed by atoms with E-state index >= 15 is 0 Å². The van der Waals surface area contributed by atoms with Gasteiger partial charge in [0.2, 0.25) is 17.8 Å². The van der Waals surface area contributed by atoms with Crippen LogP contribution in [0.25, 0.3) is 66.9 Å². The SMILES string of the molecule is CC(C)C(=O)Cc1ccc2nc3n(c2c1)Cc1cccc(c1)-c1ccc(=O)n(n1)Cc1cccc(c1)C(=O)N3.COc1cc2nc3n(c2cc1OC)Cc1cccc(c1)-c1ccc(=O)n(n1)Cc1cccc(c1)C(=O)N3.Cc1cc(=O)n2nc1-c1cccc(c1)Cn1c(nc3ccccc31)NC(=O)c1cccc(c1)C2. The van der Waals surface area contributed by atoms with Crippen LogP contribution in [0.5, 0.6) is 11.5 Å². The van der Waals surface area contributed by atoms with E-state index in [1.54, 1.807) is 87.0 Å². The minimum absolute atomic E-state index is 0.0513. The van der Waals surface area contributed by atoms with Crippen molar-refractivity contribution < 1.29 is 28.7 Å². The first-order chi connectivity index (χ1) is 53.4. The van der Waals surface area contributed by atoms with Crippen molar-refractivity contribution in [2.24, 2.45) is 5.92 Å². The second-order valence-corrected chi connectivity index (χ2v) is 27.5. The first-order valence-electron chi connectivity index (χ1n) is 35.7. The molecule has 544 valence electrons. The number of carbonyl (C=O) groups is 4. The number of anilines is 3. The number of carbonyl (C=O) groups excluding carboxylic acids is 4. The van der Waals surface area contributed by atoms with Crippen LogP contribution < -0.4 is 42.1 Å². The smallest absolute Gasteiger partial charge is 0.267 e. The Morgan fingerprint density at radius 1 is 0.382 bits per heavy atom. The molecule has 18 bridgehead atoms. The highest BCUT2D eigenvalue weighted by Gasteiger charge is 2.24. The Bertz CT molecular complexity index is 6420. The summed E-state index contributed by atoms with van der Waals surface area (Å²) >= 11 is 0. The lowest BCUT2D eigenvalue weighted by Gasteiger charge is -2.12. The zero-order valence-electron chi connectivity index (χ0n) is 60.5. The summed E-state index contributed by atoms with van der Waals surface area (Å²) in [6, 6.07) is 70.9. The average molecular weight is 1460 g/mol. The van der Waals surface area contributed by atoms with Gasteiger partial charge in [-0.2, -0.15) is 15.3 Å². The molecule has 3 aliphatic rings. The van der Waals surface area contributed by atoms with Crippen LogP contribution in [0, 0.1) is 12.8 Å². The van der Waals surface area contributed by atoms with Gasteiger partial charge in [-0.3, -0.25) is 49.5 Å². The molecule has 110 heavy (non-hydrogen) atoms. The van der Waals surface area contributed by atoms with Crippen molar-refractivity contribution >= 4 is 74.5 Å². The van der Waals surface area contributed by atoms with E-state index in [4.69, 9.17) is 29.5 Å². The second-order valence-electron chi connectivity index (χ2n) is 27.5. The highest BCUT2D eigenvalue weighted by atomic mass is 16.5. The summed E-state index contributed by atoms with van der Waals surface area (Å²) in [6.45, 7) is 7.83. The first-order valence-corrected chi connectivity index (χ1v) is 35.7. The number of fused-ring (bicyclic) bond motifs is 30. The molecule has 0 unspecified atom stereocenters. The van der Waals surface area contributed by atoms with Gasteiger partial charge in [0.15, 0.2) is 11.5 Å². The van der Waals surface area contributed by atoms with Gasteiger partial charge in [0.25, 0.3) is 34.4 Å². The number of rotatable bonds is 5. The summed E-state index contributed by atoms with van der Waals surface area (Å²) in [4.78, 5) is 104. The van der Waals surface area contributed by atoms with Crippen LogP contribution >= 0.6 is 0 Å². The van der Waals surface area contributed by atoms with Crippen molar-refractivity contribution in [2.45, 2.75) is 66.5 Å². The Labute approximate surface area is 628 Å². The summed E-state index contributed by atoms with van der Waals surface area (Å²) in [6.07, 6.45) is 0.337. The summed E-state index contributed by atoms with van der Waals surface area (Å²) in [5.41, 5.74) is 17.4. The van der Waals surface area contributed by atoms with Crippen LogP contribution in [0.15, 0.2) is 245 Å². The van der Waals surface area contributed by atoms with Gasteiger partial charge in [0.05, 0.1) is 104 Å². The molecule has 24 heteroatoms. The van der Waals surface area contributed by atoms with Gasteiger partial charge in [-0.1, -0.05) is 123 Å². The van der Waals surface area contributed by atoms with Crippen molar-refractivity contribution in [1.82, 2.24) is 58.0 Å². The van der Waals surface area contributed by atoms with E-state index in [0.717, 1.165) is 94.5 Å². The number of ketones is 1. The van der Waals surface area contributed by atoms with Crippen LogP contribution in [0.3, 0.4) is 0 Å². The molecule has 0 aliphatic carbocycles. The van der Waals surface area contributed by atoms with Crippen molar-refractivity contribution in [3.05, 3.63) is 323 Å². The van der Waals surface area contributed by atoms with E-state index in [9.17, 15) is 33.6 Å². The van der Waals surface area contributed by atoms with Crippen LogP contribution in [0.4, 0.5) is 17.8 Å². The number of para-hydroxylation sites is 2. The Morgan fingerprint density at radius 2 is 0.782 bits per heavy atom. The fourth-order valence-corrected chi connectivity index (χ4v) is 13.9. The van der Waals surface area contributed by atoms with E-state index in [1.165, 1.54) is 26.2 Å². The molecule has 0 saturated heterocycles. The number of hydrogen-bond acceptors (Lipinski definition) is 15. The van der Waals surface area contributed by atoms with E-state index in [0.29, 0.717) is 89.0 Å². The molecule has 0 spiro atoms. The predicted molar refractivity (Wildman–Crippen MR) is 420 cm³/mol. The second kappa shape index (κ2) is 29.6. The summed E-state index contributed by atoms with van der Waals surface area (Å²) in [7, 11) is 3.15. The average Bonchev–Trinajstić information content (AvgIpc) is 1.61. The van der Waals surface area contributed by atoms with E-state index < -0.39 is 0 Å². The highest BCUT2D eigenvalue weighted by Crippen LogP contribution is 2.36. The fraction of sp³-hybridized carbons (Fsp3) is 0.151. The standard InChI is InChI=1S/C31H27N5O3.C28H23N5O4.C27H21N5O2/c1-19(2)28(37)16-20-9-10-26-27(15-20)35-17-21-5-3-7-23(13-21)25-11-12-29(38)36(34-25)18-22-6-4-8-24(14-22)30(39)33-31(35)32-26;1-36-24-13-22-23(14-25(24)37-2)32-15-17-5-3-7-19(11-17)21-9-10-26(34)33(31-21)16-18-6-4-8-20(12-18)27(35)30-28(32)29-22;1-17-12-24(33)32-16-19-7-5-9-21(14-19)26(34)29-27-28-22-10-2-3-11-23(22)31(27)15-18-6-4-8-20(13-18)25(17)30-32/h3-15,19H,16-18H2,1-2H3,(H,32,33,39);3-14H,15-16H2,1-2H3,(H,29,30,35);2-14H,15-16H2,1H3,(H,28,29,34). The quantitative estimate of drug-likeness (QED) is 0.144. The van der Waals surface area contributed by atoms with E-state index in [-0.39, 0.29) is 65.7 Å². The minimum atomic E-state index is -0.310. The van der Waals surface area contributed by atoms with Gasteiger partial charge in [-0.15, -0.1) is 0 Å². The maximum Gasteiger partial charge on any atom is 0.267 e. The molecule has 9 aromatic carbocycles. The van der Waals surface area contributed by atoms with Gasteiger partial charge < -0.3 is 23.2 Å². The Morgan fingerprint density at radius 3 is 1.27 bits per heavy atom. The highest BCUT2D eigenvalue weighted by molar-refractivity contribution is 6.06. The molecule has 0 radical (unpaired) electrons. The molecule has 0 fully saturated rings. The zero-order valence-corrected chi connectivity index (χ0v) is 60.5. The maximum absolute atomic E-state index is 13.4. The van der Waals surface area contributed by atoms with Gasteiger partial charge >= 0.3 is 0 Å². The Balaban J connectivity index is 0.000000126. The Kier molecular flexibility index (Phi) is 18.8. The number of amides is 3. The fourth-order valence-electron chi connectivity index (χ4n) is 13.9. The molecule has 3 N–H and O–H groups in total. The molecule has 6 aromatic heterocycles. The van der Waals surface area contributed by atoms with Gasteiger partial charge in [0, 0.05) is 76.1 Å². The molecule has 18 rings (SSSR count). The lowest BCUT2D eigenvalue weighted by molar-refractivity contribution is -0.121. The molecule has 3 amide bonds. The van der Waals surface area contributed by atoms with E-state index in [2.05, 4.69) is 32.2 Å². The maximum atomic E-state index is 13.4. The molecule has 15 aromatic rings. The predicted octanol–water partition coefficient (Wildman–Crippen LogP) is 12.9. The molecule has 3 aliphatic heterocycles. The number of nitrogens with one attached hydrogen (secondary N) is 3. The number of nitrogens with zero attached hydrogens (tertiary/aromatic N) is 12. The number of hydrogen-bond donors (Lipinski definition) is 3. The number of ether oxygens (including phenoxy) is 2. The van der Waals surface area contributed by atoms with Gasteiger partial charge in [0.1, 0.15) is 5.78 Å². The van der Waals surface area contributed by atoms with Crippen molar-refractivity contribution in [3.8, 4) is 45.3 Å². The molecule has 9 heterocycles. The molecule has 0 atom stereocenters. The third kappa shape index (κ3) is 14.5. The largest absolute Gasteiger partial charge is 0.493 e. The van der Waals surface area contributed by atoms with Crippen molar-refractivity contribution in [2.75, 3.05) is 30.2 Å². The lowest BCUT2D eigenvalue weighted by Crippen LogP contribution is -2.24. The van der Waals surface area contributed by atoms with Gasteiger partial charge in [-0.25, -0.2) is 29.0 Å². The molecular weight excluding hydrogens is 1390 g/mol. The van der Waals surface area contributed by atoms with Crippen molar-refractivity contribution in [3.63, 3.8) is 0 Å². The van der Waals surface area contributed by atoms with Gasteiger partial charge in [-0.05, 0) is 142 Å². The summed E-state index contributed by atoms with van der Waals surface area (Å²) in [5.74, 6) is 1.67. The number of aromatic nitrogens is 12. The third-order valence-electron chi connectivity index (χ3n) is 19.6. The summed E-state index contributed by atoms with van der Waals surface area (Å²) in [5, 5.41) is 22.9. The topological polar surface area (TPSA) is 281 Å². The van der Waals surface area contributed by atoms with Crippen LogP contribution in [-0.2, 0) is 50.5 Å². The summed E-state index contributed by atoms with van der Waals surface area (Å²) < 4.78 is 21.2. The number of aryl methyl sites for hydroxylation is 1.